The summed E-state index contributed by atoms with van der Waals surface area (Å²) in [6, 6.07) is 15.5. The van der Waals surface area contributed by atoms with Crippen LogP contribution in [0.3, 0.4) is 0 Å². The van der Waals surface area contributed by atoms with Crippen molar-refractivity contribution in [2.45, 2.75) is 13.0 Å². The summed E-state index contributed by atoms with van der Waals surface area (Å²) >= 11 is 0. The number of hydrogen-bond acceptors (Lipinski definition) is 5. The number of rotatable bonds is 2. The predicted molar refractivity (Wildman–Crippen MR) is 115 cm³/mol. The van der Waals surface area contributed by atoms with Crippen LogP contribution in [0.1, 0.15) is 21.6 Å². The maximum Gasteiger partial charge on any atom is 0.254 e. The Morgan fingerprint density at radius 1 is 1.06 bits per heavy atom. The van der Waals surface area contributed by atoms with Gasteiger partial charge >= 0.3 is 0 Å². The highest BCUT2D eigenvalue weighted by molar-refractivity contribution is 5.98. The van der Waals surface area contributed by atoms with Crippen molar-refractivity contribution in [2.75, 3.05) is 13.3 Å². The Labute approximate surface area is 178 Å². The molecule has 2 aliphatic heterocycles. The molecule has 7 nitrogen and oxygen atoms in total. The lowest BCUT2D eigenvalue weighted by atomic mass is 9.99. The van der Waals surface area contributed by atoms with Crippen LogP contribution in [0.2, 0.25) is 0 Å². The first-order chi connectivity index (χ1) is 15.2. The number of aryl methyl sites for hydroxylation is 1. The van der Waals surface area contributed by atoms with Crippen LogP contribution in [-0.2, 0) is 20.0 Å². The highest BCUT2D eigenvalue weighted by atomic mass is 16.7. The fourth-order valence-corrected chi connectivity index (χ4v) is 4.49. The minimum Gasteiger partial charge on any atom is -0.454 e. The lowest BCUT2D eigenvalue weighted by Gasteiger charge is -2.27. The molecule has 0 saturated carbocycles. The third-order valence-corrected chi connectivity index (χ3v) is 5.98. The van der Waals surface area contributed by atoms with Crippen molar-refractivity contribution in [2.24, 2.45) is 7.05 Å². The van der Waals surface area contributed by atoms with Gasteiger partial charge in [0.1, 0.15) is 0 Å². The number of aromatic nitrogens is 3. The fraction of sp³-hybridized carbons (Fsp3) is 0.208. The number of hydrogen-bond donors (Lipinski definition) is 0. The van der Waals surface area contributed by atoms with Crippen molar-refractivity contribution in [1.82, 2.24) is 19.7 Å². The van der Waals surface area contributed by atoms with Crippen molar-refractivity contribution >= 4 is 16.8 Å². The van der Waals surface area contributed by atoms with Crippen molar-refractivity contribution in [3.8, 4) is 22.8 Å². The Bertz CT molecular complexity index is 1340. The zero-order valence-corrected chi connectivity index (χ0v) is 17.0. The van der Waals surface area contributed by atoms with E-state index in [0.717, 1.165) is 45.8 Å². The molecule has 1 amide bonds. The summed E-state index contributed by atoms with van der Waals surface area (Å²) in [4.78, 5) is 19.4. The summed E-state index contributed by atoms with van der Waals surface area (Å²) in [7, 11) is 1.95. The van der Waals surface area contributed by atoms with E-state index in [9.17, 15) is 4.79 Å². The number of ether oxygens (including phenoxy) is 2. The molecule has 0 atom stereocenters. The lowest BCUT2D eigenvalue weighted by Crippen LogP contribution is -2.36. The van der Waals surface area contributed by atoms with Crippen LogP contribution in [0.25, 0.3) is 22.2 Å². The van der Waals surface area contributed by atoms with Gasteiger partial charge in [0.25, 0.3) is 5.91 Å². The van der Waals surface area contributed by atoms with Gasteiger partial charge in [-0.1, -0.05) is 6.07 Å². The Balaban J connectivity index is 1.30. The normalized spacial score (nSPS) is 14.7. The molecule has 0 spiro atoms. The molecule has 4 heterocycles. The molecular formula is C24H20N4O3. The van der Waals surface area contributed by atoms with Crippen LogP contribution in [0, 0.1) is 0 Å². The van der Waals surface area contributed by atoms with E-state index in [2.05, 4.69) is 4.98 Å². The lowest BCUT2D eigenvalue weighted by molar-refractivity contribution is 0.0732. The highest BCUT2D eigenvalue weighted by Crippen LogP contribution is 2.38. The molecule has 0 radical (unpaired) electrons. The molecule has 154 valence electrons. The molecule has 4 aromatic rings. The second kappa shape index (κ2) is 6.84. The number of amides is 1. The first-order valence-electron chi connectivity index (χ1n) is 10.3. The van der Waals surface area contributed by atoms with Gasteiger partial charge in [0.2, 0.25) is 6.79 Å². The van der Waals surface area contributed by atoms with Crippen molar-refractivity contribution in [3.63, 3.8) is 0 Å². The van der Waals surface area contributed by atoms with Crippen LogP contribution in [0.5, 0.6) is 11.5 Å². The molecule has 7 heteroatoms. The van der Waals surface area contributed by atoms with Gasteiger partial charge in [0, 0.05) is 41.9 Å². The van der Waals surface area contributed by atoms with Gasteiger partial charge in [0.15, 0.2) is 11.5 Å². The van der Waals surface area contributed by atoms with E-state index in [1.807, 2.05) is 65.2 Å². The number of pyridine rings is 1. The summed E-state index contributed by atoms with van der Waals surface area (Å²) in [5.74, 6) is 1.54. The number of benzene rings is 2. The van der Waals surface area contributed by atoms with E-state index >= 15 is 0 Å². The molecule has 2 aliphatic rings. The van der Waals surface area contributed by atoms with E-state index < -0.39 is 0 Å². The molecule has 0 fully saturated rings. The molecule has 31 heavy (non-hydrogen) atoms. The summed E-state index contributed by atoms with van der Waals surface area (Å²) in [6.07, 6.45) is 2.52. The third-order valence-electron chi connectivity index (χ3n) is 5.98. The van der Waals surface area contributed by atoms with Crippen LogP contribution >= 0.6 is 0 Å². The average Bonchev–Trinajstić information content (AvgIpc) is 3.40. The minimum absolute atomic E-state index is 0.0201. The summed E-state index contributed by atoms with van der Waals surface area (Å²) in [5.41, 5.74) is 5.80. The van der Waals surface area contributed by atoms with Crippen molar-refractivity contribution in [1.29, 1.82) is 0 Å². The molecule has 0 N–H and O–H groups in total. The molecule has 6 rings (SSSR count). The average molecular weight is 412 g/mol. The van der Waals surface area contributed by atoms with Gasteiger partial charge in [-0.2, -0.15) is 5.10 Å². The molecule has 0 aliphatic carbocycles. The molecule has 0 saturated heterocycles. The number of carbonyl (C=O) groups excluding carboxylic acids is 1. The smallest absolute Gasteiger partial charge is 0.254 e. The van der Waals surface area contributed by atoms with Gasteiger partial charge in [0.05, 0.1) is 23.4 Å². The Hall–Kier alpha value is -3.87. The SMILES string of the molecule is Cn1nc2c(c1-c1ccc3c(c1)OCO3)CCN(C(=O)c1ccc3ncccc3c1)C2. The number of nitrogens with zero attached hydrogens (tertiary/aromatic N) is 4. The number of carbonyl (C=O) groups is 1. The highest BCUT2D eigenvalue weighted by Gasteiger charge is 2.28. The van der Waals surface area contributed by atoms with Crippen molar-refractivity contribution in [3.05, 3.63) is 71.5 Å². The molecule has 0 unspecified atom stereocenters. The maximum atomic E-state index is 13.2. The zero-order chi connectivity index (χ0) is 20.9. The van der Waals surface area contributed by atoms with Crippen molar-refractivity contribution < 1.29 is 14.3 Å². The summed E-state index contributed by atoms with van der Waals surface area (Å²) in [5, 5.41) is 5.70. The second-order valence-electron chi connectivity index (χ2n) is 7.85. The molecular weight excluding hydrogens is 392 g/mol. The van der Waals surface area contributed by atoms with Crippen LogP contribution in [0.15, 0.2) is 54.7 Å². The monoisotopic (exact) mass is 412 g/mol. The van der Waals surface area contributed by atoms with E-state index in [0.29, 0.717) is 18.7 Å². The summed E-state index contributed by atoms with van der Waals surface area (Å²) in [6.45, 7) is 1.40. The van der Waals surface area contributed by atoms with E-state index in [4.69, 9.17) is 14.6 Å². The van der Waals surface area contributed by atoms with Crippen LogP contribution < -0.4 is 9.47 Å². The standard InChI is InChI=1S/C24H20N4O3/c1-27-23(16-5-7-21-22(12-16)31-14-30-21)18-8-10-28(13-20(18)26-27)24(29)17-4-6-19-15(11-17)3-2-9-25-19/h2-7,9,11-12H,8,10,13-14H2,1H3. The van der Waals surface area contributed by atoms with Crippen LogP contribution in [0.4, 0.5) is 0 Å². The third kappa shape index (κ3) is 2.92. The molecule has 2 aromatic carbocycles. The van der Waals surface area contributed by atoms with Gasteiger partial charge < -0.3 is 14.4 Å². The molecule has 0 bridgehead atoms. The zero-order valence-electron chi connectivity index (χ0n) is 17.0. The molecule has 2 aromatic heterocycles. The Morgan fingerprint density at radius 3 is 2.90 bits per heavy atom. The first kappa shape index (κ1) is 17.9. The topological polar surface area (TPSA) is 69.5 Å². The van der Waals surface area contributed by atoms with Gasteiger partial charge in [-0.05, 0) is 48.9 Å². The fourth-order valence-electron chi connectivity index (χ4n) is 4.49. The largest absolute Gasteiger partial charge is 0.454 e. The van der Waals surface area contributed by atoms with Gasteiger partial charge in [-0.25, -0.2) is 0 Å². The summed E-state index contributed by atoms with van der Waals surface area (Å²) < 4.78 is 12.9. The van der Waals surface area contributed by atoms with E-state index in [1.54, 1.807) is 6.20 Å². The van der Waals surface area contributed by atoms with E-state index in [-0.39, 0.29) is 12.7 Å². The quantitative estimate of drug-likeness (QED) is 0.504. The van der Waals surface area contributed by atoms with Crippen LogP contribution in [-0.4, -0.2) is 38.9 Å². The second-order valence-corrected chi connectivity index (χ2v) is 7.85. The predicted octanol–water partition coefficient (Wildman–Crippen LogP) is 3.56. The van der Waals surface area contributed by atoms with E-state index in [1.165, 1.54) is 5.56 Å². The maximum absolute atomic E-state index is 13.2. The Kier molecular flexibility index (Phi) is 3.96. The van der Waals surface area contributed by atoms with Gasteiger partial charge in [-0.3, -0.25) is 14.5 Å². The number of fused-ring (bicyclic) bond motifs is 3. The van der Waals surface area contributed by atoms with Gasteiger partial charge in [-0.15, -0.1) is 0 Å². The first-order valence-corrected chi connectivity index (χ1v) is 10.3. The minimum atomic E-state index is 0.0201. The Morgan fingerprint density at radius 2 is 1.97 bits per heavy atom.